The first kappa shape index (κ1) is 14.8. The largest absolute Gasteiger partial charge is 0.313 e. The van der Waals surface area contributed by atoms with Crippen LogP contribution in [0, 0.1) is 0 Å². The Morgan fingerprint density at radius 3 is 3.05 bits per heavy atom. The van der Waals surface area contributed by atoms with Crippen molar-refractivity contribution in [3.8, 4) is 0 Å². The van der Waals surface area contributed by atoms with E-state index in [9.17, 15) is 0 Å². The summed E-state index contributed by atoms with van der Waals surface area (Å²) in [5.74, 6) is 0.686. The molecule has 20 heavy (non-hydrogen) atoms. The van der Waals surface area contributed by atoms with Gasteiger partial charge in [0.05, 0.1) is 3.79 Å². The molecule has 2 aromatic heterocycles. The van der Waals surface area contributed by atoms with E-state index in [1.807, 2.05) is 22.7 Å². The highest BCUT2D eigenvalue weighted by molar-refractivity contribution is 9.11. The molecule has 0 amide bonds. The van der Waals surface area contributed by atoms with Crippen LogP contribution in [-0.2, 0) is 12.8 Å². The molecule has 0 saturated carbocycles. The van der Waals surface area contributed by atoms with Crippen LogP contribution >= 0.6 is 38.6 Å². The fraction of sp³-hybridized carbons (Fsp3) is 0.500. The van der Waals surface area contributed by atoms with E-state index in [0.29, 0.717) is 12.0 Å². The molecule has 1 nitrogen and oxygen atoms in total. The zero-order valence-electron chi connectivity index (χ0n) is 11.7. The second-order valence-corrected chi connectivity index (χ2v) is 8.92. The van der Waals surface area contributed by atoms with Crippen molar-refractivity contribution < 1.29 is 0 Å². The maximum absolute atomic E-state index is 3.74. The number of fused-ring (bicyclic) bond motifs is 1. The summed E-state index contributed by atoms with van der Waals surface area (Å²) >= 11 is 7.39. The minimum Gasteiger partial charge on any atom is -0.313 e. The van der Waals surface area contributed by atoms with E-state index in [-0.39, 0.29) is 0 Å². The molecule has 1 aliphatic carbocycles. The monoisotopic (exact) mass is 369 g/mol. The summed E-state index contributed by atoms with van der Waals surface area (Å²) in [6.07, 6.45) is 5.10. The van der Waals surface area contributed by atoms with Crippen molar-refractivity contribution in [3.63, 3.8) is 0 Å². The SMILES string of the molecule is CCNC(Cc1ccc(Br)s1)C1CCCc2sccc21. The second kappa shape index (κ2) is 6.73. The van der Waals surface area contributed by atoms with Crippen LogP contribution in [-0.4, -0.2) is 12.6 Å². The predicted octanol–water partition coefficient (Wildman–Crippen LogP) is 5.21. The molecule has 108 valence electrons. The number of halogens is 1. The Morgan fingerprint density at radius 2 is 2.30 bits per heavy atom. The fourth-order valence-electron chi connectivity index (χ4n) is 3.24. The van der Waals surface area contributed by atoms with Gasteiger partial charge in [-0.05, 0) is 77.3 Å². The van der Waals surface area contributed by atoms with Gasteiger partial charge in [0.1, 0.15) is 0 Å². The lowest BCUT2D eigenvalue weighted by Crippen LogP contribution is -2.37. The quantitative estimate of drug-likeness (QED) is 0.762. The van der Waals surface area contributed by atoms with Crippen molar-refractivity contribution in [2.45, 2.75) is 44.6 Å². The maximum atomic E-state index is 3.74. The van der Waals surface area contributed by atoms with Gasteiger partial charge < -0.3 is 5.32 Å². The minimum absolute atomic E-state index is 0.569. The van der Waals surface area contributed by atoms with Gasteiger partial charge in [0, 0.05) is 21.7 Å². The predicted molar refractivity (Wildman–Crippen MR) is 93.2 cm³/mol. The standard InChI is InChI=1S/C16H20BrNS2/c1-2-18-14(10-11-6-7-16(17)20-11)12-4-3-5-15-13(12)8-9-19-15/h6-9,12,14,18H,2-5,10H2,1H3. The molecule has 4 heteroatoms. The van der Waals surface area contributed by atoms with Crippen LogP contribution in [0.4, 0.5) is 0 Å². The van der Waals surface area contributed by atoms with Crippen LogP contribution in [0.15, 0.2) is 27.4 Å². The molecule has 2 aromatic rings. The fourth-order valence-corrected chi connectivity index (χ4v) is 5.78. The number of hydrogen-bond acceptors (Lipinski definition) is 3. The molecular weight excluding hydrogens is 350 g/mol. The minimum atomic E-state index is 0.569. The summed E-state index contributed by atoms with van der Waals surface area (Å²) in [7, 11) is 0. The summed E-state index contributed by atoms with van der Waals surface area (Å²) in [5.41, 5.74) is 1.61. The first-order chi connectivity index (χ1) is 9.78. The van der Waals surface area contributed by atoms with Crippen LogP contribution < -0.4 is 5.32 Å². The van der Waals surface area contributed by atoms with Crippen LogP contribution in [0.1, 0.15) is 41.0 Å². The van der Waals surface area contributed by atoms with E-state index >= 15 is 0 Å². The highest BCUT2D eigenvalue weighted by atomic mass is 79.9. The zero-order valence-corrected chi connectivity index (χ0v) is 14.9. The zero-order chi connectivity index (χ0) is 13.9. The van der Waals surface area contributed by atoms with E-state index in [1.54, 1.807) is 10.4 Å². The van der Waals surface area contributed by atoms with Crippen molar-refractivity contribution in [2.24, 2.45) is 0 Å². The first-order valence-corrected chi connectivity index (χ1v) is 9.80. The van der Waals surface area contributed by atoms with Gasteiger partial charge in [-0.25, -0.2) is 0 Å². The van der Waals surface area contributed by atoms with Gasteiger partial charge in [0.25, 0.3) is 0 Å². The Kier molecular flexibility index (Phi) is 4.97. The summed E-state index contributed by atoms with van der Waals surface area (Å²) in [6.45, 7) is 3.27. The van der Waals surface area contributed by atoms with Gasteiger partial charge in [0.2, 0.25) is 0 Å². The Morgan fingerprint density at radius 1 is 1.40 bits per heavy atom. The van der Waals surface area contributed by atoms with E-state index in [4.69, 9.17) is 0 Å². The van der Waals surface area contributed by atoms with Crippen LogP contribution in [0.3, 0.4) is 0 Å². The first-order valence-electron chi connectivity index (χ1n) is 7.31. The molecule has 1 aliphatic rings. The van der Waals surface area contributed by atoms with Crippen molar-refractivity contribution in [1.29, 1.82) is 0 Å². The van der Waals surface area contributed by atoms with Crippen LogP contribution in [0.5, 0.6) is 0 Å². The highest BCUT2D eigenvalue weighted by Crippen LogP contribution is 2.38. The Labute approximate surface area is 137 Å². The maximum Gasteiger partial charge on any atom is 0.0701 e. The lowest BCUT2D eigenvalue weighted by Gasteiger charge is -2.31. The molecular formula is C16H20BrNS2. The molecule has 3 rings (SSSR count). The Bertz CT molecular complexity index is 560. The van der Waals surface area contributed by atoms with Gasteiger partial charge in [-0.1, -0.05) is 6.92 Å². The van der Waals surface area contributed by atoms with Crippen molar-refractivity contribution in [3.05, 3.63) is 42.7 Å². The van der Waals surface area contributed by atoms with Gasteiger partial charge >= 0.3 is 0 Å². The summed E-state index contributed by atoms with van der Waals surface area (Å²) in [5, 5.41) is 6.01. The summed E-state index contributed by atoms with van der Waals surface area (Å²) < 4.78 is 1.24. The number of hydrogen-bond donors (Lipinski definition) is 1. The highest BCUT2D eigenvalue weighted by Gasteiger charge is 2.28. The lowest BCUT2D eigenvalue weighted by atomic mass is 9.81. The normalized spacial score (nSPS) is 19.8. The van der Waals surface area contributed by atoms with E-state index in [0.717, 1.165) is 13.0 Å². The molecule has 2 atom stereocenters. The lowest BCUT2D eigenvalue weighted by molar-refractivity contribution is 0.400. The Balaban J connectivity index is 1.81. The van der Waals surface area contributed by atoms with Crippen LogP contribution in [0.25, 0.3) is 0 Å². The molecule has 2 heterocycles. The molecule has 0 aliphatic heterocycles. The average molecular weight is 370 g/mol. The van der Waals surface area contributed by atoms with Gasteiger partial charge in [-0.2, -0.15) is 0 Å². The topological polar surface area (TPSA) is 12.0 Å². The number of thiophene rings is 2. The second-order valence-electron chi connectivity index (χ2n) is 5.37. The van der Waals surface area contributed by atoms with Crippen LogP contribution in [0.2, 0.25) is 0 Å². The average Bonchev–Trinajstić information content (AvgIpc) is 3.06. The molecule has 1 N–H and O–H groups in total. The third kappa shape index (κ3) is 3.19. The van der Waals surface area contributed by atoms with E-state index in [2.05, 4.69) is 51.7 Å². The number of rotatable bonds is 5. The van der Waals surface area contributed by atoms with E-state index in [1.165, 1.54) is 27.9 Å². The molecule has 0 radical (unpaired) electrons. The van der Waals surface area contributed by atoms with Crippen molar-refractivity contribution in [2.75, 3.05) is 6.54 Å². The molecule has 2 unspecified atom stereocenters. The number of nitrogens with one attached hydrogen (secondary N) is 1. The third-order valence-electron chi connectivity index (χ3n) is 4.10. The molecule has 0 fully saturated rings. The van der Waals surface area contributed by atoms with E-state index < -0.39 is 0 Å². The third-order valence-corrected chi connectivity index (χ3v) is 6.74. The Hall–Kier alpha value is -0.160. The van der Waals surface area contributed by atoms with Gasteiger partial charge in [0.15, 0.2) is 0 Å². The number of likely N-dealkylation sites (N-methyl/N-ethyl adjacent to an activating group) is 1. The van der Waals surface area contributed by atoms with Crippen molar-refractivity contribution >= 4 is 38.6 Å². The molecule has 0 aromatic carbocycles. The number of aryl methyl sites for hydroxylation is 1. The van der Waals surface area contributed by atoms with Crippen molar-refractivity contribution in [1.82, 2.24) is 5.32 Å². The van der Waals surface area contributed by atoms with Gasteiger partial charge in [-0.3, -0.25) is 0 Å². The molecule has 0 saturated heterocycles. The summed E-state index contributed by atoms with van der Waals surface area (Å²) in [4.78, 5) is 3.10. The van der Waals surface area contributed by atoms with Gasteiger partial charge in [-0.15, -0.1) is 22.7 Å². The summed E-state index contributed by atoms with van der Waals surface area (Å²) in [6, 6.07) is 7.36. The molecule has 0 bridgehead atoms. The molecule has 0 spiro atoms. The smallest absolute Gasteiger partial charge is 0.0701 e.